The fraction of sp³-hybridized carbons (Fsp3) is 0.471. The van der Waals surface area contributed by atoms with Gasteiger partial charge in [-0.25, -0.2) is 0 Å². The third-order valence-electron chi connectivity index (χ3n) is 4.31. The van der Waals surface area contributed by atoms with E-state index >= 15 is 0 Å². The Morgan fingerprint density at radius 1 is 1.22 bits per heavy atom. The molecule has 1 unspecified atom stereocenters. The minimum atomic E-state index is -0.271. The molecule has 1 aromatic rings. The van der Waals surface area contributed by atoms with Crippen molar-refractivity contribution in [3.05, 3.63) is 35.4 Å². The molecule has 0 spiro atoms. The van der Waals surface area contributed by atoms with E-state index in [2.05, 4.69) is 0 Å². The quantitative estimate of drug-likeness (QED) is 0.792. The SMILES string of the molecule is CC1OCCCN1C(=O)CCCN1C(=O)c2ccccc2C1=O. The average molecular weight is 316 g/mol. The Hall–Kier alpha value is -2.21. The first-order valence-corrected chi connectivity index (χ1v) is 7.96. The van der Waals surface area contributed by atoms with E-state index in [9.17, 15) is 14.4 Å². The average Bonchev–Trinajstić information content (AvgIpc) is 2.80. The van der Waals surface area contributed by atoms with Gasteiger partial charge in [0.05, 0.1) is 17.7 Å². The van der Waals surface area contributed by atoms with E-state index < -0.39 is 0 Å². The van der Waals surface area contributed by atoms with Gasteiger partial charge in [-0.2, -0.15) is 0 Å². The van der Waals surface area contributed by atoms with Gasteiger partial charge in [0, 0.05) is 19.5 Å². The van der Waals surface area contributed by atoms with Crippen LogP contribution in [0.2, 0.25) is 0 Å². The van der Waals surface area contributed by atoms with Gasteiger partial charge < -0.3 is 9.64 Å². The van der Waals surface area contributed by atoms with Crippen LogP contribution in [0.3, 0.4) is 0 Å². The minimum absolute atomic E-state index is 0.00816. The van der Waals surface area contributed by atoms with E-state index in [-0.39, 0.29) is 30.5 Å². The maximum Gasteiger partial charge on any atom is 0.261 e. The van der Waals surface area contributed by atoms with E-state index in [0.717, 1.165) is 6.42 Å². The van der Waals surface area contributed by atoms with Gasteiger partial charge in [0.1, 0.15) is 6.23 Å². The molecule has 2 heterocycles. The number of hydrogen-bond donors (Lipinski definition) is 0. The zero-order valence-corrected chi connectivity index (χ0v) is 13.2. The summed E-state index contributed by atoms with van der Waals surface area (Å²) in [4.78, 5) is 39.6. The van der Waals surface area contributed by atoms with Gasteiger partial charge in [0.15, 0.2) is 0 Å². The Labute approximate surface area is 135 Å². The largest absolute Gasteiger partial charge is 0.359 e. The monoisotopic (exact) mass is 316 g/mol. The maximum absolute atomic E-state index is 12.2. The van der Waals surface area contributed by atoms with E-state index in [1.807, 2.05) is 6.92 Å². The standard InChI is InChI=1S/C17H20N2O4/c1-12-18(10-5-11-23-12)15(20)8-4-9-19-16(21)13-6-2-3-7-14(13)17(19)22/h2-3,6-7,12H,4-5,8-11H2,1H3. The normalized spacial score (nSPS) is 20.8. The molecule has 6 heteroatoms. The highest BCUT2D eigenvalue weighted by atomic mass is 16.5. The van der Waals surface area contributed by atoms with Crippen LogP contribution in [-0.2, 0) is 9.53 Å². The molecule has 3 rings (SSSR count). The fourth-order valence-corrected chi connectivity index (χ4v) is 3.06. The van der Waals surface area contributed by atoms with Crippen molar-refractivity contribution in [2.24, 2.45) is 0 Å². The summed E-state index contributed by atoms with van der Waals surface area (Å²) in [5.41, 5.74) is 0.892. The van der Waals surface area contributed by atoms with Crippen LogP contribution in [0.15, 0.2) is 24.3 Å². The molecule has 0 radical (unpaired) electrons. The zero-order chi connectivity index (χ0) is 16.4. The van der Waals surface area contributed by atoms with Gasteiger partial charge in [-0.05, 0) is 31.9 Å². The topological polar surface area (TPSA) is 66.9 Å². The minimum Gasteiger partial charge on any atom is -0.359 e. The summed E-state index contributed by atoms with van der Waals surface area (Å²) in [7, 11) is 0. The Balaban J connectivity index is 1.55. The van der Waals surface area contributed by atoms with Crippen LogP contribution in [0.25, 0.3) is 0 Å². The highest BCUT2D eigenvalue weighted by Gasteiger charge is 2.34. The molecule has 122 valence electrons. The second-order valence-electron chi connectivity index (χ2n) is 5.82. The summed E-state index contributed by atoms with van der Waals surface area (Å²) >= 11 is 0. The molecule has 0 aromatic heterocycles. The second kappa shape index (κ2) is 6.50. The van der Waals surface area contributed by atoms with E-state index in [0.29, 0.717) is 37.1 Å². The summed E-state index contributed by atoms with van der Waals surface area (Å²) in [5.74, 6) is -0.533. The number of ether oxygens (including phenoxy) is 1. The first kappa shape index (κ1) is 15.7. The van der Waals surface area contributed by atoms with Crippen LogP contribution in [0.1, 0.15) is 46.9 Å². The van der Waals surface area contributed by atoms with Crippen molar-refractivity contribution < 1.29 is 19.1 Å². The lowest BCUT2D eigenvalue weighted by Crippen LogP contribution is -2.45. The van der Waals surface area contributed by atoms with Crippen molar-refractivity contribution in [3.63, 3.8) is 0 Å². The molecule has 1 fully saturated rings. The second-order valence-corrected chi connectivity index (χ2v) is 5.82. The van der Waals surface area contributed by atoms with Gasteiger partial charge in [-0.3, -0.25) is 19.3 Å². The lowest BCUT2D eigenvalue weighted by molar-refractivity contribution is -0.152. The number of benzene rings is 1. The van der Waals surface area contributed by atoms with Gasteiger partial charge in [0.2, 0.25) is 5.91 Å². The van der Waals surface area contributed by atoms with Crippen LogP contribution in [0, 0.1) is 0 Å². The van der Waals surface area contributed by atoms with Crippen LogP contribution >= 0.6 is 0 Å². The highest BCUT2D eigenvalue weighted by molar-refractivity contribution is 6.21. The van der Waals surface area contributed by atoms with Gasteiger partial charge in [0.25, 0.3) is 11.8 Å². The summed E-state index contributed by atoms with van der Waals surface area (Å²) in [6, 6.07) is 6.81. The molecule has 2 aliphatic heterocycles. The summed E-state index contributed by atoms with van der Waals surface area (Å²) in [5, 5.41) is 0. The molecule has 0 N–H and O–H groups in total. The van der Waals surface area contributed by atoms with Crippen molar-refractivity contribution >= 4 is 17.7 Å². The Morgan fingerprint density at radius 3 is 2.48 bits per heavy atom. The van der Waals surface area contributed by atoms with Gasteiger partial charge in [-0.1, -0.05) is 12.1 Å². The van der Waals surface area contributed by atoms with E-state index in [1.165, 1.54) is 4.90 Å². The summed E-state index contributed by atoms with van der Waals surface area (Å²) < 4.78 is 5.45. The molecule has 1 saturated heterocycles. The summed E-state index contributed by atoms with van der Waals surface area (Å²) in [6.45, 7) is 3.51. The van der Waals surface area contributed by atoms with Crippen LogP contribution < -0.4 is 0 Å². The number of amides is 3. The number of carbonyl (C=O) groups is 3. The lowest BCUT2D eigenvalue weighted by atomic mass is 10.1. The lowest BCUT2D eigenvalue weighted by Gasteiger charge is -2.33. The molecule has 3 amide bonds. The highest BCUT2D eigenvalue weighted by Crippen LogP contribution is 2.23. The molecule has 6 nitrogen and oxygen atoms in total. The van der Waals surface area contributed by atoms with E-state index in [4.69, 9.17) is 4.74 Å². The number of imide groups is 1. The molecule has 23 heavy (non-hydrogen) atoms. The Kier molecular flexibility index (Phi) is 4.43. The van der Waals surface area contributed by atoms with Gasteiger partial charge >= 0.3 is 0 Å². The number of carbonyl (C=O) groups excluding carboxylic acids is 3. The predicted molar refractivity (Wildman–Crippen MR) is 82.8 cm³/mol. The van der Waals surface area contributed by atoms with Crippen molar-refractivity contribution in [3.8, 4) is 0 Å². The van der Waals surface area contributed by atoms with E-state index in [1.54, 1.807) is 29.2 Å². The summed E-state index contributed by atoms with van der Waals surface area (Å²) in [6.07, 6.45) is 1.42. The van der Waals surface area contributed by atoms with Crippen molar-refractivity contribution in [2.45, 2.75) is 32.4 Å². The first-order valence-electron chi connectivity index (χ1n) is 7.96. The third-order valence-corrected chi connectivity index (χ3v) is 4.31. The Morgan fingerprint density at radius 2 is 1.87 bits per heavy atom. The third kappa shape index (κ3) is 2.99. The number of nitrogens with zero attached hydrogens (tertiary/aromatic N) is 2. The smallest absolute Gasteiger partial charge is 0.261 e. The van der Waals surface area contributed by atoms with Crippen molar-refractivity contribution in [2.75, 3.05) is 19.7 Å². The molecular formula is C17H20N2O4. The van der Waals surface area contributed by atoms with Crippen LogP contribution in [0.4, 0.5) is 0 Å². The first-order chi connectivity index (χ1) is 11.1. The van der Waals surface area contributed by atoms with Crippen LogP contribution in [0.5, 0.6) is 0 Å². The Bertz CT molecular complexity index is 608. The van der Waals surface area contributed by atoms with Gasteiger partial charge in [-0.15, -0.1) is 0 Å². The molecule has 1 atom stereocenters. The number of rotatable bonds is 4. The number of hydrogen-bond acceptors (Lipinski definition) is 4. The van der Waals surface area contributed by atoms with Crippen LogP contribution in [-0.4, -0.2) is 53.4 Å². The molecule has 0 bridgehead atoms. The number of fused-ring (bicyclic) bond motifs is 1. The van der Waals surface area contributed by atoms with Crippen molar-refractivity contribution in [1.82, 2.24) is 9.80 Å². The fourth-order valence-electron chi connectivity index (χ4n) is 3.06. The molecule has 0 aliphatic carbocycles. The zero-order valence-electron chi connectivity index (χ0n) is 13.2. The maximum atomic E-state index is 12.2. The predicted octanol–water partition coefficient (Wildman–Crippen LogP) is 1.66. The molecule has 1 aromatic carbocycles. The van der Waals surface area contributed by atoms with Crippen molar-refractivity contribution in [1.29, 1.82) is 0 Å². The molecule has 2 aliphatic rings. The molecule has 0 saturated carbocycles. The molecular weight excluding hydrogens is 296 g/mol.